The first kappa shape index (κ1) is 20.9. The second kappa shape index (κ2) is 8.71. The maximum Gasteiger partial charge on any atom is 0.307 e. The number of hydrogen-bond donors (Lipinski definition) is 1. The number of carbonyl (C=O) groups is 1. The Bertz CT molecular complexity index is 984. The first-order valence-corrected chi connectivity index (χ1v) is 10.6. The van der Waals surface area contributed by atoms with Crippen LogP contribution in [0.1, 0.15) is 5.56 Å². The number of carboxylic acids is 1. The normalized spacial score (nSPS) is 15.2. The Morgan fingerprint density at radius 1 is 1.00 bits per heavy atom. The monoisotopic (exact) mass is 420 g/mol. The highest BCUT2D eigenvalue weighted by atomic mass is 32.2. The molecule has 0 bridgehead atoms. The molecular weight excluding hydrogens is 396 g/mol. The smallest absolute Gasteiger partial charge is 0.307 e. The fourth-order valence-electron chi connectivity index (χ4n) is 3.35. The van der Waals surface area contributed by atoms with Crippen LogP contribution in [0.4, 0.5) is 5.69 Å². The van der Waals surface area contributed by atoms with Gasteiger partial charge in [-0.3, -0.25) is 4.79 Å². The van der Waals surface area contributed by atoms with Gasteiger partial charge < -0.3 is 19.5 Å². The molecule has 1 aliphatic heterocycles. The minimum Gasteiger partial charge on any atom is -0.493 e. The number of hydrogen-bond acceptors (Lipinski definition) is 6. The van der Waals surface area contributed by atoms with Crippen molar-refractivity contribution >= 4 is 21.7 Å². The maximum atomic E-state index is 13.0. The number of nitrogens with zero attached hydrogens (tertiary/aromatic N) is 2. The predicted octanol–water partition coefficient (Wildman–Crippen LogP) is 1.84. The summed E-state index contributed by atoms with van der Waals surface area (Å²) < 4.78 is 38.0. The lowest BCUT2D eigenvalue weighted by Gasteiger charge is -2.35. The van der Waals surface area contributed by atoms with Crippen molar-refractivity contribution in [1.82, 2.24) is 4.31 Å². The zero-order valence-electron chi connectivity index (χ0n) is 16.4. The molecule has 0 spiro atoms. The first-order valence-electron chi connectivity index (χ1n) is 9.13. The molecule has 2 aromatic rings. The third kappa shape index (κ3) is 4.63. The molecule has 1 aliphatic rings. The van der Waals surface area contributed by atoms with E-state index in [1.54, 1.807) is 26.4 Å². The molecule has 0 saturated carbocycles. The number of benzene rings is 2. The predicted molar refractivity (Wildman–Crippen MR) is 108 cm³/mol. The number of rotatable bonds is 7. The summed E-state index contributed by atoms with van der Waals surface area (Å²) in [6.07, 6.45) is -0.212. The average Bonchev–Trinajstić information content (AvgIpc) is 2.73. The van der Waals surface area contributed by atoms with Crippen LogP contribution in [0, 0.1) is 0 Å². The molecule has 0 unspecified atom stereocenters. The molecule has 29 heavy (non-hydrogen) atoms. The minimum absolute atomic E-state index is 0.121. The summed E-state index contributed by atoms with van der Waals surface area (Å²) in [5.74, 6) is 0.261. The van der Waals surface area contributed by atoms with E-state index in [0.29, 0.717) is 43.2 Å². The third-order valence-electron chi connectivity index (χ3n) is 4.86. The lowest BCUT2D eigenvalue weighted by molar-refractivity contribution is -0.136. The van der Waals surface area contributed by atoms with Gasteiger partial charge in [-0.2, -0.15) is 4.31 Å². The molecule has 156 valence electrons. The van der Waals surface area contributed by atoms with E-state index in [2.05, 4.69) is 4.90 Å². The van der Waals surface area contributed by atoms with Gasteiger partial charge in [-0.05, 0) is 29.8 Å². The number of piperazine rings is 1. The van der Waals surface area contributed by atoms with Gasteiger partial charge in [0.25, 0.3) is 0 Å². The Labute approximate surface area is 170 Å². The van der Waals surface area contributed by atoms with Crippen molar-refractivity contribution in [2.45, 2.75) is 11.3 Å². The van der Waals surface area contributed by atoms with Crippen molar-refractivity contribution in [2.24, 2.45) is 0 Å². The van der Waals surface area contributed by atoms with Gasteiger partial charge in [0.1, 0.15) is 0 Å². The molecule has 0 atom stereocenters. The Morgan fingerprint density at radius 3 is 2.31 bits per heavy atom. The summed E-state index contributed by atoms with van der Waals surface area (Å²) in [7, 11) is -0.530. The topological polar surface area (TPSA) is 96.4 Å². The lowest BCUT2D eigenvalue weighted by atomic mass is 10.2. The molecule has 0 aromatic heterocycles. The molecule has 0 radical (unpaired) electrons. The molecule has 0 aliphatic carbocycles. The third-order valence-corrected chi connectivity index (χ3v) is 6.76. The first-order chi connectivity index (χ1) is 13.8. The number of sulfonamides is 1. The van der Waals surface area contributed by atoms with Gasteiger partial charge in [0, 0.05) is 37.9 Å². The lowest BCUT2D eigenvalue weighted by Crippen LogP contribution is -2.48. The molecule has 8 nitrogen and oxygen atoms in total. The van der Waals surface area contributed by atoms with Crippen molar-refractivity contribution in [1.29, 1.82) is 0 Å². The SMILES string of the molecule is COc1ccc(N2CCN(S(=O)(=O)c3cccc(CC(=O)O)c3)CC2)cc1OC. The van der Waals surface area contributed by atoms with E-state index in [1.807, 2.05) is 18.2 Å². The average molecular weight is 420 g/mol. The molecular formula is C20H24N2O6S. The van der Waals surface area contributed by atoms with Crippen LogP contribution >= 0.6 is 0 Å². The van der Waals surface area contributed by atoms with E-state index >= 15 is 0 Å². The molecule has 1 N–H and O–H groups in total. The summed E-state index contributed by atoms with van der Waals surface area (Å²) in [5.41, 5.74) is 1.39. The van der Waals surface area contributed by atoms with Crippen LogP contribution in [0.15, 0.2) is 47.4 Å². The molecule has 1 saturated heterocycles. The maximum absolute atomic E-state index is 13.0. The zero-order valence-corrected chi connectivity index (χ0v) is 17.2. The largest absolute Gasteiger partial charge is 0.493 e. The van der Waals surface area contributed by atoms with E-state index in [4.69, 9.17) is 14.6 Å². The number of anilines is 1. The van der Waals surface area contributed by atoms with Crippen LogP contribution in [0.25, 0.3) is 0 Å². The fraction of sp³-hybridized carbons (Fsp3) is 0.350. The standard InChI is InChI=1S/C20H24N2O6S/c1-27-18-7-6-16(14-19(18)28-2)21-8-10-22(11-9-21)29(25,26)17-5-3-4-15(12-17)13-20(23)24/h3-7,12,14H,8-11,13H2,1-2H3,(H,23,24). The van der Waals surface area contributed by atoms with Gasteiger partial charge >= 0.3 is 5.97 Å². The van der Waals surface area contributed by atoms with Crippen LogP contribution in [-0.4, -0.2) is 64.2 Å². The number of ether oxygens (including phenoxy) is 2. The number of carboxylic acid groups (broad SMARTS) is 1. The summed E-state index contributed by atoms with van der Waals surface area (Å²) in [4.78, 5) is 13.1. The second-order valence-electron chi connectivity index (χ2n) is 6.65. The Hall–Kier alpha value is -2.78. The van der Waals surface area contributed by atoms with Gasteiger partial charge in [-0.15, -0.1) is 0 Å². The highest BCUT2D eigenvalue weighted by molar-refractivity contribution is 7.89. The summed E-state index contributed by atoms with van der Waals surface area (Å²) in [6.45, 7) is 1.73. The molecule has 1 heterocycles. The second-order valence-corrected chi connectivity index (χ2v) is 8.59. The van der Waals surface area contributed by atoms with Crippen molar-refractivity contribution < 1.29 is 27.8 Å². The van der Waals surface area contributed by atoms with E-state index in [0.717, 1.165) is 5.69 Å². The van der Waals surface area contributed by atoms with Crippen LogP contribution in [0.3, 0.4) is 0 Å². The quantitative estimate of drug-likeness (QED) is 0.730. The van der Waals surface area contributed by atoms with Gasteiger partial charge in [0.05, 0.1) is 25.5 Å². The van der Waals surface area contributed by atoms with Gasteiger partial charge in [-0.25, -0.2) is 8.42 Å². The highest BCUT2D eigenvalue weighted by Crippen LogP contribution is 2.32. The Morgan fingerprint density at radius 2 is 1.69 bits per heavy atom. The van der Waals surface area contributed by atoms with Crippen LogP contribution in [0.5, 0.6) is 11.5 Å². The molecule has 9 heteroatoms. The van der Waals surface area contributed by atoms with E-state index in [9.17, 15) is 13.2 Å². The zero-order chi connectivity index (χ0) is 21.0. The van der Waals surface area contributed by atoms with Gasteiger partial charge in [0.2, 0.25) is 10.0 Å². The molecule has 3 rings (SSSR count). The highest BCUT2D eigenvalue weighted by Gasteiger charge is 2.29. The Balaban J connectivity index is 1.72. The Kier molecular flexibility index (Phi) is 6.29. The van der Waals surface area contributed by atoms with Crippen molar-refractivity contribution in [3.8, 4) is 11.5 Å². The van der Waals surface area contributed by atoms with E-state index < -0.39 is 16.0 Å². The summed E-state index contributed by atoms with van der Waals surface area (Å²) in [6, 6.07) is 11.7. The van der Waals surface area contributed by atoms with Crippen molar-refractivity contribution in [3.05, 3.63) is 48.0 Å². The van der Waals surface area contributed by atoms with Gasteiger partial charge in [-0.1, -0.05) is 12.1 Å². The van der Waals surface area contributed by atoms with Crippen LogP contribution in [0.2, 0.25) is 0 Å². The van der Waals surface area contributed by atoms with E-state index in [1.165, 1.54) is 16.4 Å². The minimum atomic E-state index is -3.68. The van der Waals surface area contributed by atoms with Crippen LogP contribution < -0.4 is 14.4 Å². The number of methoxy groups -OCH3 is 2. The fourth-order valence-corrected chi connectivity index (χ4v) is 4.84. The van der Waals surface area contributed by atoms with E-state index in [-0.39, 0.29) is 11.3 Å². The molecule has 1 fully saturated rings. The summed E-state index contributed by atoms with van der Waals surface area (Å²) in [5, 5.41) is 8.93. The van der Waals surface area contributed by atoms with Crippen molar-refractivity contribution in [3.63, 3.8) is 0 Å². The van der Waals surface area contributed by atoms with Crippen LogP contribution in [-0.2, 0) is 21.2 Å². The molecule has 0 amide bonds. The van der Waals surface area contributed by atoms with Gasteiger partial charge in [0.15, 0.2) is 11.5 Å². The van der Waals surface area contributed by atoms with Crippen molar-refractivity contribution in [2.75, 3.05) is 45.3 Å². The summed E-state index contributed by atoms with van der Waals surface area (Å²) >= 11 is 0. The number of aliphatic carboxylic acids is 1. The molecule has 2 aromatic carbocycles.